The smallest absolute Gasteiger partial charge is 0.338 e. The number of hydrogen-bond donors (Lipinski definition) is 3. The molecule has 0 unspecified atom stereocenters. The highest BCUT2D eigenvalue weighted by Crippen LogP contribution is 2.34. The van der Waals surface area contributed by atoms with E-state index in [1.165, 1.54) is 6.92 Å². The number of halogens is 1. The molecule has 0 saturated carbocycles. The molecule has 0 bridgehead atoms. The molecule has 7 heteroatoms. The minimum Gasteiger partial charge on any atom is -0.478 e. The maximum absolute atomic E-state index is 12.3. The van der Waals surface area contributed by atoms with Crippen molar-refractivity contribution < 1.29 is 14.7 Å². The van der Waals surface area contributed by atoms with E-state index in [9.17, 15) is 14.7 Å². The van der Waals surface area contributed by atoms with Crippen LogP contribution >= 0.6 is 11.6 Å². The average Bonchev–Trinajstić information content (AvgIpc) is 2.77. The molecule has 1 amide bonds. The van der Waals surface area contributed by atoms with E-state index in [4.69, 9.17) is 11.6 Å². The van der Waals surface area contributed by atoms with Crippen LogP contribution in [0.25, 0.3) is 22.0 Å². The molecular formula is C25H28ClN3O3. The highest BCUT2D eigenvalue weighted by Gasteiger charge is 2.21. The van der Waals surface area contributed by atoms with Crippen molar-refractivity contribution in [1.29, 1.82) is 0 Å². The topological polar surface area (TPSA) is 91.3 Å². The van der Waals surface area contributed by atoms with Crippen molar-refractivity contribution in [3.8, 4) is 11.1 Å². The van der Waals surface area contributed by atoms with Crippen molar-refractivity contribution in [2.24, 2.45) is 0 Å². The number of pyridine rings is 1. The molecule has 3 N–H and O–H groups in total. The quantitative estimate of drug-likeness (QED) is 0.354. The van der Waals surface area contributed by atoms with Gasteiger partial charge in [-0.05, 0) is 43.1 Å². The number of nitrogens with zero attached hydrogens (tertiary/aromatic N) is 1. The summed E-state index contributed by atoms with van der Waals surface area (Å²) >= 11 is 6.22. The Morgan fingerprint density at radius 2 is 1.72 bits per heavy atom. The molecule has 0 spiro atoms. The number of carbonyl (C=O) groups is 2. The van der Waals surface area contributed by atoms with Gasteiger partial charge < -0.3 is 15.7 Å². The number of rotatable bonds is 11. The lowest BCUT2D eigenvalue weighted by molar-refractivity contribution is -0.118. The number of aromatic carboxylic acids is 1. The van der Waals surface area contributed by atoms with Gasteiger partial charge >= 0.3 is 5.97 Å². The van der Waals surface area contributed by atoms with Gasteiger partial charge in [0.15, 0.2) is 0 Å². The summed E-state index contributed by atoms with van der Waals surface area (Å²) in [6.45, 7) is 3.36. The molecular weight excluding hydrogens is 426 g/mol. The van der Waals surface area contributed by atoms with E-state index in [1.807, 2.05) is 36.4 Å². The van der Waals surface area contributed by atoms with E-state index >= 15 is 0 Å². The molecule has 0 aliphatic carbocycles. The van der Waals surface area contributed by atoms with Crippen LogP contribution in [0.5, 0.6) is 0 Å². The van der Waals surface area contributed by atoms with Gasteiger partial charge in [-0.3, -0.25) is 9.78 Å². The average molecular weight is 454 g/mol. The van der Waals surface area contributed by atoms with Crippen molar-refractivity contribution in [3.05, 3.63) is 64.8 Å². The maximum atomic E-state index is 12.3. The zero-order chi connectivity index (χ0) is 22.9. The zero-order valence-corrected chi connectivity index (χ0v) is 18.9. The first kappa shape index (κ1) is 23.7. The number of nitrogens with one attached hydrogen (secondary N) is 2. The van der Waals surface area contributed by atoms with E-state index < -0.39 is 5.97 Å². The van der Waals surface area contributed by atoms with E-state index in [1.54, 1.807) is 12.1 Å². The fraction of sp³-hybridized carbons (Fsp3) is 0.320. The van der Waals surface area contributed by atoms with Crippen molar-refractivity contribution in [2.75, 3.05) is 13.1 Å². The van der Waals surface area contributed by atoms with Gasteiger partial charge in [0.05, 0.1) is 16.8 Å². The lowest BCUT2D eigenvalue weighted by Gasteiger charge is -2.16. The summed E-state index contributed by atoms with van der Waals surface area (Å²) in [6.07, 6.45) is 4.00. The first-order chi connectivity index (χ1) is 15.5. The molecule has 0 atom stereocenters. The number of fused-ring (bicyclic) bond motifs is 1. The molecule has 0 saturated heterocycles. The lowest BCUT2D eigenvalue weighted by atomic mass is 9.94. The van der Waals surface area contributed by atoms with Crippen LogP contribution in [0.1, 0.15) is 48.7 Å². The van der Waals surface area contributed by atoms with Gasteiger partial charge in [-0.15, -0.1) is 0 Å². The van der Waals surface area contributed by atoms with Gasteiger partial charge in [-0.1, -0.05) is 54.8 Å². The fourth-order valence-electron chi connectivity index (χ4n) is 3.75. The van der Waals surface area contributed by atoms with Gasteiger partial charge in [-0.25, -0.2) is 4.79 Å². The SMILES string of the molecule is CC(=O)NCCCCCCNCc1nc2ccc(Cl)cc2c(-c2ccccc2)c1C(=O)O. The van der Waals surface area contributed by atoms with Crippen LogP contribution in [0.3, 0.4) is 0 Å². The zero-order valence-electron chi connectivity index (χ0n) is 18.2. The Labute approximate surface area is 193 Å². The Morgan fingerprint density at radius 3 is 2.41 bits per heavy atom. The molecule has 1 aromatic heterocycles. The summed E-state index contributed by atoms with van der Waals surface area (Å²) in [7, 11) is 0. The first-order valence-corrected chi connectivity index (χ1v) is 11.2. The Bertz CT molecular complexity index is 1090. The monoisotopic (exact) mass is 453 g/mol. The summed E-state index contributed by atoms with van der Waals surface area (Å²) in [4.78, 5) is 27.8. The number of carboxylic acids is 1. The molecule has 32 heavy (non-hydrogen) atoms. The summed E-state index contributed by atoms with van der Waals surface area (Å²) in [5, 5.41) is 17.5. The van der Waals surface area contributed by atoms with Crippen molar-refractivity contribution >= 4 is 34.4 Å². The third-order valence-corrected chi connectivity index (χ3v) is 5.48. The predicted molar refractivity (Wildman–Crippen MR) is 128 cm³/mol. The molecule has 1 heterocycles. The Kier molecular flexibility index (Phi) is 8.59. The lowest BCUT2D eigenvalue weighted by Crippen LogP contribution is -2.21. The van der Waals surface area contributed by atoms with E-state index in [2.05, 4.69) is 15.6 Å². The van der Waals surface area contributed by atoms with Gasteiger partial charge in [0.2, 0.25) is 5.91 Å². The van der Waals surface area contributed by atoms with Crippen molar-refractivity contribution in [3.63, 3.8) is 0 Å². The summed E-state index contributed by atoms with van der Waals surface area (Å²) in [5.74, 6) is -1.01. The molecule has 2 aromatic carbocycles. The van der Waals surface area contributed by atoms with Crippen LogP contribution in [-0.2, 0) is 11.3 Å². The summed E-state index contributed by atoms with van der Waals surface area (Å²) in [6, 6.07) is 14.9. The molecule has 0 fully saturated rings. The highest BCUT2D eigenvalue weighted by atomic mass is 35.5. The van der Waals surface area contributed by atoms with E-state index in [-0.39, 0.29) is 11.5 Å². The second-order valence-corrected chi connectivity index (χ2v) is 8.15. The largest absolute Gasteiger partial charge is 0.478 e. The number of aromatic nitrogens is 1. The van der Waals surface area contributed by atoms with Crippen LogP contribution in [0.4, 0.5) is 0 Å². The third-order valence-electron chi connectivity index (χ3n) is 5.24. The van der Waals surface area contributed by atoms with Gasteiger partial charge in [0, 0.05) is 36.0 Å². The Morgan fingerprint density at radius 1 is 1.00 bits per heavy atom. The molecule has 6 nitrogen and oxygen atoms in total. The fourth-order valence-corrected chi connectivity index (χ4v) is 3.92. The Balaban J connectivity index is 1.76. The normalized spacial score (nSPS) is 10.9. The molecule has 0 radical (unpaired) electrons. The van der Waals surface area contributed by atoms with Crippen LogP contribution in [0.2, 0.25) is 5.02 Å². The van der Waals surface area contributed by atoms with Crippen molar-refractivity contribution in [2.45, 2.75) is 39.2 Å². The van der Waals surface area contributed by atoms with Crippen LogP contribution in [0.15, 0.2) is 48.5 Å². The number of benzene rings is 2. The highest BCUT2D eigenvalue weighted by molar-refractivity contribution is 6.31. The minimum absolute atomic E-state index is 0.000861. The summed E-state index contributed by atoms with van der Waals surface area (Å²) in [5.41, 5.74) is 2.89. The predicted octanol–water partition coefficient (Wildman–Crippen LogP) is 5.04. The number of unbranched alkanes of at least 4 members (excludes halogenated alkanes) is 3. The third kappa shape index (κ3) is 6.28. The van der Waals surface area contributed by atoms with Crippen LogP contribution in [0, 0.1) is 0 Å². The maximum Gasteiger partial charge on any atom is 0.338 e. The van der Waals surface area contributed by atoms with Gasteiger partial charge in [0.1, 0.15) is 0 Å². The second-order valence-electron chi connectivity index (χ2n) is 7.72. The van der Waals surface area contributed by atoms with Crippen molar-refractivity contribution in [1.82, 2.24) is 15.6 Å². The minimum atomic E-state index is -1.01. The molecule has 3 aromatic rings. The second kappa shape index (κ2) is 11.6. The first-order valence-electron chi connectivity index (χ1n) is 10.8. The Hall–Kier alpha value is -2.96. The molecule has 0 aliphatic heterocycles. The molecule has 168 valence electrons. The molecule has 0 aliphatic rings. The number of amides is 1. The van der Waals surface area contributed by atoms with E-state index in [0.717, 1.165) is 43.2 Å². The van der Waals surface area contributed by atoms with Gasteiger partial charge in [-0.2, -0.15) is 0 Å². The van der Waals surface area contributed by atoms with Gasteiger partial charge in [0.25, 0.3) is 0 Å². The van der Waals surface area contributed by atoms with Crippen LogP contribution < -0.4 is 10.6 Å². The number of carboxylic acid groups (broad SMARTS) is 1. The standard InChI is InChI=1S/C25H28ClN3O3/c1-17(30)28-14-8-3-2-7-13-27-16-22-24(25(31)32)23(18-9-5-4-6-10-18)20-15-19(26)11-12-21(20)29-22/h4-6,9-12,15,27H,2-3,7-8,13-14,16H2,1H3,(H,28,30)(H,31,32). The van der Waals surface area contributed by atoms with Crippen LogP contribution in [-0.4, -0.2) is 35.1 Å². The number of hydrogen-bond acceptors (Lipinski definition) is 4. The molecule has 3 rings (SSSR count). The summed E-state index contributed by atoms with van der Waals surface area (Å²) < 4.78 is 0. The van der Waals surface area contributed by atoms with E-state index in [0.29, 0.717) is 34.9 Å². The number of carbonyl (C=O) groups excluding carboxylic acids is 1.